The van der Waals surface area contributed by atoms with Crippen LogP contribution in [-0.2, 0) is 11.4 Å². The van der Waals surface area contributed by atoms with E-state index in [1.54, 1.807) is 19.9 Å². The predicted octanol–water partition coefficient (Wildman–Crippen LogP) is 4.70. The van der Waals surface area contributed by atoms with Crippen LogP contribution in [0.1, 0.15) is 31.9 Å². The van der Waals surface area contributed by atoms with Crippen molar-refractivity contribution in [1.29, 1.82) is 0 Å². The van der Waals surface area contributed by atoms with Gasteiger partial charge in [0.15, 0.2) is 17.3 Å². The molecule has 0 fully saturated rings. The van der Waals surface area contributed by atoms with E-state index in [1.807, 2.05) is 30.3 Å². The van der Waals surface area contributed by atoms with Crippen molar-refractivity contribution in [2.45, 2.75) is 27.4 Å². The number of ketones is 1. The van der Waals surface area contributed by atoms with Gasteiger partial charge in [-0.1, -0.05) is 30.3 Å². The Morgan fingerprint density at radius 2 is 1.80 bits per heavy atom. The SMILES string of the molecule is CC(=O)C(C)=N/C(C)=C(\O)c1ccc(OCc2ccccc2)c(F)c1. The summed E-state index contributed by atoms with van der Waals surface area (Å²) in [5.41, 5.74) is 1.71. The number of halogens is 1. The van der Waals surface area contributed by atoms with Crippen molar-refractivity contribution in [3.05, 3.63) is 71.2 Å². The third-order valence-corrected chi connectivity index (χ3v) is 3.63. The summed E-state index contributed by atoms with van der Waals surface area (Å²) < 4.78 is 19.7. The molecule has 2 aromatic rings. The minimum atomic E-state index is -0.583. The van der Waals surface area contributed by atoms with Crippen molar-refractivity contribution in [2.24, 2.45) is 4.99 Å². The Kier molecular flexibility index (Phi) is 6.06. The molecule has 0 heterocycles. The van der Waals surface area contributed by atoms with E-state index in [0.717, 1.165) is 5.56 Å². The Morgan fingerprint density at radius 1 is 1.12 bits per heavy atom. The highest BCUT2D eigenvalue weighted by molar-refractivity contribution is 6.38. The van der Waals surface area contributed by atoms with Crippen molar-refractivity contribution in [3.63, 3.8) is 0 Å². The molecule has 0 aliphatic heterocycles. The molecule has 130 valence electrons. The van der Waals surface area contributed by atoms with Crippen molar-refractivity contribution < 1.29 is 19.0 Å². The lowest BCUT2D eigenvalue weighted by Crippen LogP contribution is -2.04. The fraction of sp³-hybridized carbons (Fsp3) is 0.200. The predicted molar refractivity (Wildman–Crippen MR) is 96.2 cm³/mol. The smallest absolute Gasteiger partial charge is 0.173 e. The van der Waals surface area contributed by atoms with E-state index >= 15 is 0 Å². The molecule has 4 nitrogen and oxygen atoms in total. The average Bonchev–Trinajstić information content (AvgIpc) is 2.60. The molecule has 0 atom stereocenters. The highest BCUT2D eigenvalue weighted by atomic mass is 19.1. The summed E-state index contributed by atoms with van der Waals surface area (Å²) in [5.74, 6) is -0.862. The third-order valence-electron chi connectivity index (χ3n) is 3.63. The monoisotopic (exact) mass is 341 g/mol. The van der Waals surface area contributed by atoms with Gasteiger partial charge in [-0.15, -0.1) is 0 Å². The van der Waals surface area contributed by atoms with Crippen LogP contribution in [0.25, 0.3) is 5.76 Å². The number of aliphatic imine (C=N–C) groups is 1. The minimum Gasteiger partial charge on any atom is -0.505 e. The summed E-state index contributed by atoms with van der Waals surface area (Å²) >= 11 is 0. The highest BCUT2D eigenvalue weighted by Crippen LogP contribution is 2.24. The van der Waals surface area contributed by atoms with E-state index in [2.05, 4.69) is 4.99 Å². The maximum atomic E-state index is 14.2. The summed E-state index contributed by atoms with van der Waals surface area (Å²) in [6.07, 6.45) is 0. The summed E-state index contributed by atoms with van der Waals surface area (Å²) in [4.78, 5) is 15.2. The molecule has 0 bridgehead atoms. The number of aliphatic hydroxyl groups excluding tert-OH is 1. The van der Waals surface area contributed by atoms with Gasteiger partial charge >= 0.3 is 0 Å². The zero-order valence-electron chi connectivity index (χ0n) is 14.4. The molecule has 1 N–H and O–H groups in total. The first-order valence-corrected chi connectivity index (χ1v) is 7.81. The average molecular weight is 341 g/mol. The molecule has 0 radical (unpaired) electrons. The number of nitrogens with zero attached hydrogens (tertiary/aromatic N) is 1. The molecule has 2 rings (SSSR count). The maximum Gasteiger partial charge on any atom is 0.173 e. The number of ether oxygens (including phenoxy) is 1. The van der Waals surface area contributed by atoms with Crippen LogP contribution >= 0.6 is 0 Å². The molecule has 0 aliphatic rings. The second-order valence-corrected chi connectivity index (χ2v) is 5.61. The zero-order chi connectivity index (χ0) is 18.4. The van der Waals surface area contributed by atoms with Gasteiger partial charge in [-0.05, 0) is 37.6 Å². The Bertz CT molecular complexity index is 826. The number of carbonyl (C=O) groups is 1. The highest BCUT2D eigenvalue weighted by Gasteiger charge is 2.10. The first-order valence-electron chi connectivity index (χ1n) is 7.81. The Hall–Kier alpha value is -2.95. The van der Waals surface area contributed by atoms with Gasteiger partial charge in [0.05, 0.1) is 11.4 Å². The fourth-order valence-electron chi connectivity index (χ4n) is 2.09. The molecular weight excluding hydrogens is 321 g/mol. The number of carbonyl (C=O) groups excluding carboxylic acids is 1. The number of Topliss-reactive ketones (excluding diaryl/α,β-unsaturated/α-hetero) is 1. The lowest BCUT2D eigenvalue weighted by Gasteiger charge is -2.09. The summed E-state index contributed by atoms with van der Waals surface area (Å²) in [6, 6.07) is 13.6. The largest absolute Gasteiger partial charge is 0.505 e. The van der Waals surface area contributed by atoms with Crippen LogP contribution in [0.2, 0.25) is 0 Å². The lowest BCUT2D eigenvalue weighted by atomic mass is 10.1. The van der Waals surface area contributed by atoms with Gasteiger partial charge in [-0.2, -0.15) is 0 Å². The number of hydrogen-bond donors (Lipinski definition) is 1. The van der Waals surface area contributed by atoms with Gasteiger partial charge in [0.1, 0.15) is 12.4 Å². The van der Waals surface area contributed by atoms with E-state index in [0.29, 0.717) is 0 Å². The van der Waals surface area contributed by atoms with Crippen LogP contribution in [0, 0.1) is 5.82 Å². The van der Waals surface area contributed by atoms with Crippen LogP contribution in [0.4, 0.5) is 4.39 Å². The fourth-order valence-corrected chi connectivity index (χ4v) is 2.09. The Morgan fingerprint density at radius 3 is 2.40 bits per heavy atom. The van der Waals surface area contributed by atoms with Crippen molar-refractivity contribution in [2.75, 3.05) is 0 Å². The molecule has 0 saturated carbocycles. The molecule has 0 spiro atoms. The maximum absolute atomic E-state index is 14.2. The second kappa shape index (κ2) is 8.24. The molecule has 2 aromatic carbocycles. The van der Waals surface area contributed by atoms with E-state index in [1.165, 1.54) is 19.1 Å². The number of rotatable bonds is 6. The number of aliphatic hydroxyl groups is 1. The Balaban J connectivity index is 2.18. The van der Waals surface area contributed by atoms with Crippen molar-refractivity contribution in [3.8, 4) is 5.75 Å². The summed E-state index contributed by atoms with van der Waals surface area (Å²) in [6.45, 7) is 4.75. The molecule has 0 aromatic heterocycles. The van der Waals surface area contributed by atoms with Crippen LogP contribution in [-0.4, -0.2) is 16.6 Å². The van der Waals surface area contributed by atoms with Gasteiger partial charge in [-0.25, -0.2) is 4.39 Å². The molecule has 0 saturated heterocycles. The molecule has 0 aliphatic carbocycles. The molecule has 0 amide bonds. The Labute approximate surface area is 146 Å². The van der Waals surface area contributed by atoms with Crippen LogP contribution < -0.4 is 4.74 Å². The standard InChI is InChI=1S/C20H20FNO3/c1-13(15(3)23)22-14(2)20(24)17-9-10-19(18(21)11-17)25-12-16-7-5-4-6-8-16/h4-11,24H,12H2,1-3H3/b20-14-,22-13?. The van der Waals surface area contributed by atoms with Gasteiger partial charge < -0.3 is 9.84 Å². The van der Waals surface area contributed by atoms with Crippen LogP contribution in [0.3, 0.4) is 0 Å². The normalized spacial score (nSPS) is 12.6. The molecule has 0 unspecified atom stereocenters. The van der Waals surface area contributed by atoms with Crippen molar-refractivity contribution >= 4 is 17.3 Å². The van der Waals surface area contributed by atoms with E-state index in [4.69, 9.17) is 4.74 Å². The molecular formula is C20H20FNO3. The van der Waals surface area contributed by atoms with E-state index in [-0.39, 0.29) is 40.9 Å². The third kappa shape index (κ3) is 5.01. The summed E-state index contributed by atoms with van der Waals surface area (Å²) in [5, 5.41) is 10.2. The number of allylic oxidation sites excluding steroid dienone is 1. The second-order valence-electron chi connectivity index (χ2n) is 5.61. The van der Waals surface area contributed by atoms with Crippen LogP contribution in [0.15, 0.2) is 59.2 Å². The molecule has 5 heteroatoms. The first-order chi connectivity index (χ1) is 11.9. The topological polar surface area (TPSA) is 58.9 Å². The molecule has 25 heavy (non-hydrogen) atoms. The lowest BCUT2D eigenvalue weighted by molar-refractivity contribution is -0.111. The van der Waals surface area contributed by atoms with Gasteiger partial charge in [0, 0.05) is 12.5 Å². The van der Waals surface area contributed by atoms with Gasteiger partial charge in [0.25, 0.3) is 0 Å². The quantitative estimate of drug-likeness (QED) is 0.612. The van der Waals surface area contributed by atoms with E-state index in [9.17, 15) is 14.3 Å². The minimum absolute atomic E-state index is 0.0986. The van der Waals surface area contributed by atoms with E-state index < -0.39 is 5.82 Å². The number of hydrogen-bond acceptors (Lipinski definition) is 4. The summed E-state index contributed by atoms with van der Waals surface area (Å²) in [7, 11) is 0. The van der Waals surface area contributed by atoms with Gasteiger partial charge in [0.2, 0.25) is 0 Å². The van der Waals surface area contributed by atoms with Crippen molar-refractivity contribution in [1.82, 2.24) is 0 Å². The number of benzene rings is 2. The van der Waals surface area contributed by atoms with Crippen LogP contribution in [0.5, 0.6) is 5.75 Å². The van der Waals surface area contributed by atoms with Gasteiger partial charge in [-0.3, -0.25) is 9.79 Å². The zero-order valence-corrected chi connectivity index (χ0v) is 14.4. The first kappa shape index (κ1) is 18.4.